The van der Waals surface area contributed by atoms with Gasteiger partial charge < -0.3 is 23.5 Å². The number of fused-ring (bicyclic) bond motifs is 9. The van der Waals surface area contributed by atoms with E-state index in [9.17, 15) is 0 Å². The molecular weight excluding hydrogens is 1010 g/mol. The Labute approximate surface area is 483 Å². The first-order valence-electron chi connectivity index (χ1n) is 29.3. The zero-order chi connectivity index (χ0) is 54.8. The predicted octanol–water partition coefficient (Wildman–Crippen LogP) is 21.0. The molecule has 2 atom stereocenters. The molecule has 0 aliphatic heterocycles. The third-order valence-electron chi connectivity index (χ3n) is 17.5. The van der Waals surface area contributed by atoms with Crippen molar-refractivity contribution < 1.29 is 0 Å². The summed E-state index contributed by atoms with van der Waals surface area (Å²) in [6, 6.07) is 89.7. The Bertz CT molecular complexity index is 4800. The van der Waals surface area contributed by atoms with Crippen LogP contribution in [0.15, 0.2) is 291 Å². The summed E-state index contributed by atoms with van der Waals surface area (Å²) in [6.45, 7) is 0. The fraction of sp³-hybridized carbons (Fsp3) is 0.0769. The van der Waals surface area contributed by atoms with Gasteiger partial charge >= 0.3 is 0 Å². The Kier molecular flexibility index (Phi) is 11.9. The van der Waals surface area contributed by atoms with Gasteiger partial charge in [-0.2, -0.15) is 0 Å². The number of benzene rings is 10. The molecule has 0 bridgehead atoms. The molecule has 0 fully saturated rings. The molecule has 0 radical (unpaired) electrons. The topological polar surface area (TPSA) is 21.3 Å². The summed E-state index contributed by atoms with van der Waals surface area (Å²) < 4.78 is 7.41. The number of hydrogen-bond donors (Lipinski definition) is 0. The molecule has 0 spiro atoms. The standard InChI is InChI=1S/C78H59N5/c1-7-23-54(24-8-1)56-39-43-75-69(47-56)70-48-57(55-25-9-2-10-26-55)40-44-76(70)83(75)66-50-64(79(58-27-11-3-12-28-58)62-41-45-77-71(52-62)67-35-19-21-37-73(67)81(77)60-31-15-5-16-32-60)49-65(51-66)80(59-29-13-4-14-30-59)63-42-46-78-72(53-63)68-36-20-22-38-74(68)82(78)61-33-17-6-18-34-61/h1-5,7-17,19-25,27-47,49-53,55,57H,6,18,26,48H2. The first kappa shape index (κ1) is 48.5. The number of para-hydroxylation sites is 5. The first-order valence-corrected chi connectivity index (χ1v) is 29.3. The highest BCUT2D eigenvalue weighted by atomic mass is 15.2. The molecule has 0 N–H and O–H groups in total. The maximum Gasteiger partial charge on any atom is 0.0542 e. The van der Waals surface area contributed by atoms with Gasteiger partial charge in [-0.1, -0.05) is 170 Å². The lowest BCUT2D eigenvalue weighted by Gasteiger charge is -2.31. The van der Waals surface area contributed by atoms with Crippen molar-refractivity contribution >= 4 is 100 Å². The van der Waals surface area contributed by atoms with E-state index < -0.39 is 0 Å². The number of allylic oxidation sites excluding steroid dienone is 9. The first-order chi connectivity index (χ1) is 41.2. The molecule has 396 valence electrons. The smallest absolute Gasteiger partial charge is 0.0542 e. The van der Waals surface area contributed by atoms with Gasteiger partial charge in [0.2, 0.25) is 0 Å². The Hall–Kier alpha value is -10.4. The number of rotatable bonds is 11. The van der Waals surface area contributed by atoms with Crippen LogP contribution in [0.3, 0.4) is 0 Å². The zero-order valence-electron chi connectivity index (χ0n) is 46.0. The fourth-order valence-corrected chi connectivity index (χ4v) is 13.7. The van der Waals surface area contributed by atoms with Crippen molar-refractivity contribution in [3.63, 3.8) is 0 Å². The van der Waals surface area contributed by atoms with E-state index >= 15 is 0 Å². The summed E-state index contributed by atoms with van der Waals surface area (Å²) in [4.78, 5) is 4.94. The average Bonchev–Trinajstić information content (AvgIpc) is 3.01. The second-order valence-electron chi connectivity index (χ2n) is 22.3. The Balaban J connectivity index is 0.965. The summed E-state index contributed by atoms with van der Waals surface area (Å²) >= 11 is 0. The number of anilines is 6. The van der Waals surface area contributed by atoms with E-state index in [1.54, 1.807) is 0 Å². The molecule has 16 rings (SSSR count). The second-order valence-corrected chi connectivity index (χ2v) is 22.3. The van der Waals surface area contributed by atoms with Crippen molar-refractivity contribution in [3.05, 3.63) is 303 Å². The molecule has 3 aromatic heterocycles. The van der Waals surface area contributed by atoms with E-state index in [0.717, 1.165) is 76.7 Å². The highest BCUT2D eigenvalue weighted by Gasteiger charge is 2.29. The third-order valence-corrected chi connectivity index (χ3v) is 17.5. The molecule has 3 aliphatic rings. The molecule has 13 aromatic rings. The van der Waals surface area contributed by atoms with Crippen LogP contribution >= 0.6 is 0 Å². The molecule has 3 aliphatic carbocycles. The minimum absolute atomic E-state index is 0.376. The number of nitrogens with zero attached hydrogens (tertiary/aromatic N) is 5. The monoisotopic (exact) mass is 1070 g/mol. The Morgan fingerprint density at radius 3 is 1.53 bits per heavy atom. The van der Waals surface area contributed by atoms with Gasteiger partial charge in [-0.05, 0) is 182 Å². The largest absolute Gasteiger partial charge is 0.310 e. The van der Waals surface area contributed by atoms with Crippen LogP contribution in [-0.2, 0) is 6.42 Å². The molecule has 5 nitrogen and oxygen atoms in total. The quantitative estimate of drug-likeness (QED) is 0.129. The van der Waals surface area contributed by atoms with Crippen LogP contribution < -0.4 is 9.80 Å². The summed E-state index contributed by atoms with van der Waals surface area (Å²) in [6.07, 6.45) is 25.2. The van der Waals surface area contributed by atoms with E-state index in [-0.39, 0.29) is 0 Å². The fourth-order valence-electron chi connectivity index (χ4n) is 13.7. The van der Waals surface area contributed by atoms with Crippen LogP contribution in [0.4, 0.5) is 34.1 Å². The highest BCUT2D eigenvalue weighted by molar-refractivity contribution is 6.13. The van der Waals surface area contributed by atoms with Crippen molar-refractivity contribution in [3.8, 4) is 22.5 Å². The van der Waals surface area contributed by atoms with Crippen molar-refractivity contribution in [2.75, 3.05) is 9.80 Å². The molecule has 5 heteroatoms. The maximum atomic E-state index is 2.56. The van der Waals surface area contributed by atoms with E-state index in [4.69, 9.17) is 0 Å². The van der Waals surface area contributed by atoms with Gasteiger partial charge in [-0.15, -0.1) is 0 Å². The van der Waals surface area contributed by atoms with Crippen molar-refractivity contribution in [2.45, 2.75) is 25.7 Å². The van der Waals surface area contributed by atoms with Gasteiger partial charge in [0.1, 0.15) is 0 Å². The van der Waals surface area contributed by atoms with Gasteiger partial charge in [0.15, 0.2) is 0 Å². The molecular formula is C78H59N5. The number of aromatic nitrogens is 3. The summed E-state index contributed by atoms with van der Waals surface area (Å²) in [5, 5.41) is 6.15. The van der Waals surface area contributed by atoms with Gasteiger partial charge in [0.25, 0.3) is 0 Å². The van der Waals surface area contributed by atoms with Crippen LogP contribution in [0.5, 0.6) is 0 Å². The summed E-state index contributed by atoms with van der Waals surface area (Å²) in [7, 11) is 0. The predicted molar refractivity (Wildman–Crippen MR) is 351 cm³/mol. The lowest BCUT2D eigenvalue weighted by atomic mass is 9.79. The summed E-state index contributed by atoms with van der Waals surface area (Å²) in [5.74, 6) is 0.816. The minimum atomic E-state index is 0.376. The van der Waals surface area contributed by atoms with E-state index in [2.05, 4.69) is 321 Å². The lowest BCUT2D eigenvalue weighted by molar-refractivity contribution is 0.472. The van der Waals surface area contributed by atoms with Crippen LogP contribution in [0.2, 0.25) is 0 Å². The molecule has 0 saturated carbocycles. The van der Waals surface area contributed by atoms with Gasteiger partial charge in [-0.3, -0.25) is 0 Å². The van der Waals surface area contributed by atoms with Gasteiger partial charge in [0, 0.05) is 66.8 Å². The van der Waals surface area contributed by atoms with Crippen molar-refractivity contribution in [1.29, 1.82) is 0 Å². The Morgan fingerprint density at radius 1 is 0.337 bits per heavy atom. The zero-order valence-corrected chi connectivity index (χ0v) is 46.0. The van der Waals surface area contributed by atoms with Crippen LogP contribution in [0.1, 0.15) is 30.5 Å². The molecule has 0 amide bonds. The van der Waals surface area contributed by atoms with E-state index in [0.29, 0.717) is 11.8 Å². The molecule has 83 heavy (non-hydrogen) atoms. The van der Waals surface area contributed by atoms with Crippen LogP contribution in [0.25, 0.3) is 88.8 Å². The molecule has 10 aromatic carbocycles. The van der Waals surface area contributed by atoms with Gasteiger partial charge in [0.05, 0.1) is 44.6 Å². The lowest BCUT2D eigenvalue weighted by Crippen LogP contribution is -2.17. The normalized spacial score (nSPS) is 15.6. The van der Waals surface area contributed by atoms with Crippen molar-refractivity contribution in [1.82, 2.24) is 13.7 Å². The van der Waals surface area contributed by atoms with Crippen LogP contribution in [-0.4, -0.2) is 13.7 Å². The second kappa shape index (κ2) is 20.3. The van der Waals surface area contributed by atoms with Gasteiger partial charge in [-0.25, -0.2) is 0 Å². The molecule has 3 heterocycles. The third kappa shape index (κ3) is 8.38. The SMILES string of the molecule is C1=CCC(C2C=Cc3c(c4cc(-c5ccccc5)ccc4n3-c3cc(N(c4ccccc4)c4ccc5c(c4)c4ccccc4n5C4=CCCC=C4)cc(N(c4ccccc4)c4ccc5c(c4)c4ccccc4n5-c4ccccc4)c3)C2)C=C1. The van der Waals surface area contributed by atoms with Crippen LogP contribution in [0, 0.1) is 11.8 Å². The maximum absolute atomic E-state index is 2.56. The highest BCUT2D eigenvalue weighted by Crippen LogP contribution is 2.48. The minimum Gasteiger partial charge on any atom is -0.310 e. The molecule has 0 saturated heterocycles. The van der Waals surface area contributed by atoms with E-state index in [1.807, 2.05) is 0 Å². The summed E-state index contributed by atoms with van der Waals surface area (Å²) in [5.41, 5.74) is 20.8. The van der Waals surface area contributed by atoms with E-state index in [1.165, 1.54) is 77.1 Å². The van der Waals surface area contributed by atoms with Crippen molar-refractivity contribution in [2.24, 2.45) is 11.8 Å². The number of hydrogen-bond acceptors (Lipinski definition) is 2. The molecule has 2 unspecified atom stereocenters. The average molecular weight is 1070 g/mol. The Morgan fingerprint density at radius 2 is 0.904 bits per heavy atom.